The van der Waals surface area contributed by atoms with Gasteiger partial charge in [0, 0.05) is 23.3 Å². The molecule has 3 aromatic rings. The molecule has 156 valence electrons. The second-order valence-electron chi connectivity index (χ2n) is 7.17. The maximum absolute atomic E-state index is 12.6. The molecular formula is C22H24ClN5O2. The van der Waals surface area contributed by atoms with E-state index in [1.807, 2.05) is 45.0 Å². The summed E-state index contributed by atoms with van der Waals surface area (Å²) in [6, 6.07) is 14.4. The fourth-order valence-electron chi connectivity index (χ4n) is 2.91. The molecule has 0 saturated carbocycles. The number of hydrogen-bond donors (Lipinski definition) is 3. The monoisotopic (exact) mass is 425 g/mol. The predicted octanol–water partition coefficient (Wildman–Crippen LogP) is 4.29. The van der Waals surface area contributed by atoms with E-state index in [0.717, 1.165) is 16.9 Å². The largest absolute Gasteiger partial charge is 0.348 e. The van der Waals surface area contributed by atoms with Crippen LogP contribution in [0.3, 0.4) is 0 Å². The molecule has 0 bridgehead atoms. The van der Waals surface area contributed by atoms with Gasteiger partial charge in [0.25, 0.3) is 5.91 Å². The third-order valence-corrected chi connectivity index (χ3v) is 4.63. The lowest BCUT2D eigenvalue weighted by Gasteiger charge is -2.11. The van der Waals surface area contributed by atoms with Gasteiger partial charge < -0.3 is 16.0 Å². The van der Waals surface area contributed by atoms with E-state index in [4.69, 9.17) is 11.6 Å². The van der Waals surface area contributed by atoms with E-state index in [-0.39, 0.29) is 18.0 Å². The summed E-state index contributed by atoms with van der Waals surface area (Å²) in [5.74, 6) is -0.209. The van der Waals surface area contributed by atoms with Crippen molar-refractivity contribution in [2.75, 3.05) is 5.32 Å². The maximum atomic E-state index is 12.6. The van der Waals surface area contributed by atoms with Crippen molar-refractivity contribution in [1.29, 1.82) is 0 Å². The summed E-state index contributed by atoms with van der Waals surface area (Å²) < 4.78 is 1.68. The molecule has 3 rings (SSSR count). The molecule has 0 unspecified atom stereocenters. The number of rotatable bonds is 6. The van der Waals surface area contributed by atoms with E-state index >= 15 is 0 Å². The molecule has 0 spiro atoms. The van der Waals surface area contributed by atoms with Crippen molar-refractivity contribution >= 4 is 29.2 Å². The summed E-state index contributed by atoms with van der Waals surface area (Å²) in [7, 11) is 0. The Labute approximate surface area is 180 Å². The number of amides is 3. The summed E-state index contributed by atoms with van der Waals surface area (Å²) in [5.41, 5.74) is 3.62. The van der Waals surface area contributed by atoms with Crippen molar-refractivity contribution < 1.29 is 9.59 Å². The molecule has 30 heavy (non-hydrogen) atoms. The first kappa shape index (κ1) is 21.4. The Morgan fingerprint density at radius 3 is 2.53 bits per heavy atom. The van der Waals surface area contributed by atoms with E-state index in [9.17, 15) is 9.59 Å². The highest BCUT2D eigenvalue weighted by molar-refractivity contribution is 6.30. The molecular weight excluding hydrogens is 402 g/mol. The first-order valence-corrected chi connectivity index (χ1v) is 9.96. The Bertz CT molecular complexity index is 1040. The molecule has 0 aliphatic heterocycles. The summed E-state index contributed by atoms with van der Waals surface area (Å²) in [6.45, 7) is 5.99. The van der Waals surface area contributed by atoms with Crippen molar-refractivity contribution in [1.82, 2.24) is 20.4 Å². The van der Waals surface area contributed by atoms with Crippen LogP contribution in [0.25, 0.3) is 5.69 Å². The Morgan fingerprint density at radius 2 is 1.87 bits per heavy atom. The average molecular weight is 426 g/mol. The van der Waals surface area contributed by atoms with E-state index in [1.54, 1.807) is 35.1 Å². The third-order valence-electron chi connectivity index (χ3n) is 4.39. The van der Waals surface area contributed by atoms with Crippen LogP contribution >= 0.6 is 11.6 Å². The average Bonchev–Trinajstić information content (AvgIpc) is 3.08. The van der Waals surface area contributed by atoms with Crippen LogP contribution < -0.4 is 16.0 Å². The predicted molar refractivity (Wildman–Crippen MR) is 118 cm³/mol. The van der Waals surface area contributed by atoms with Crippen molar-refractivity contribution in [3.63, 3.8) is 0 Å². The fourth-order valence-corrected chi connectivity index (χ4v) is 3.10. The first-order chi connectivity index (χ1) is 14.3. The zero-order chi connectivity index (χ0) is 21.7. The van der Waals surface area contributed by atoms with Gasteiger partial charge in [0.15, 0.2) is 0 Å². The third kappa shape index (κ3) is 5.39. The summed E-state index contributed by atoms with van der Waals surface area (Å²) in [5, 5.41) is 13.3. The normalized spacial score (nSPS) is 10.7. The fraction of sp³-hybridized carbons (Fsp3) is 0.227. The van der Waals surface area contributed by atoms with Gasteiger partial charge in [0.2, 0.25) is 0 Å². The standard InChI is InChI=1S/C22H24ClN5O2/c1-14(2)26-22(30)27-18-9-7-16(8-10-18)12-24-21(29)20-13-25-28(15(20)3)19-6-4-5-17(23)11-19/h4-11,13-14H,12H2,1-3H3,(H,24,29)(H2,26,27,30). The van der Waals surface area contributed by atoms with Crippen LogP contribution in [-0.4, -0.2) is 27.8 Å². The van der Waals surface area contributed by atoms with E-state index in [1.165, 1.54) is 0 Å². The molecule has 1 heterocycles. The van der Waals surface area contributed by atoms with E-state index < -0.39 is 0 Å². The molecule has 1 aromatic heterocycles. The van der Waals surface area contributed by atoms with Crippen LogP contribution in [-0.2, 0) is 6.54 Å². The van der Waals surface area contributed by atoms with Gasteiger partial charge in [-0.2, -0.15) is 5.10 Å². The van der Waals surface area contributed by atoms with Crippen LogP contribution in [0.4, 0.5) is 10.5 Å². The Kier molecular flexibility index (Phi) is 6.74. The summed E-state index contributed by atoms with van der Waals surface area (Å²) in [6.07, 6.45) is 1.55. The summed E-state index contributed by atoms with van der Waals surface area (Å²) >= 11 is 6.05. The van der Waals surface area contributed by atoms with Gasteiger partial charge in [0.05, 0.1) is 23.1 Å². The highest BCUT2D eigenvalue weighted by Gasteiger charge is 2.15. The lowest BCUT2D eigenvalue weighted by atomic mass is 10.2. The van der Waals surface area contributed by atoms with Crippen LogP contribution in [0, 0.1) is 6.92 Å². The number of anilines is 1. The number of benzene rings is 2. The molecule has 0 fully saturated rings. The number of urea groups is 1. The number of carbonyl (C=O) groups excluding carboxylic acids is 2. The van der Waals surface area contributed by atoms with Gasteiger partial charge in [-0.1, -0.05) is 29.8 Å². The number of halogens is 1. The zero-order valence-corrected chi connectivity index (χ0v) is 17.8. The molecule has 2 aromatic carbocycles. The van der Waals surface area contributed by atoms with Crippen LogP contribution in [0.1, 0.15) is 35.5 Å². The Balaban J connectivity index is 1.60. The minimum atomic E-state index is -0.252. The highest BCUT2D eigenvalue weighted by Crippen LogP contribution is 2.18. The Hall–Kier alpha value is -3.32. The second kappa shape index (κ2) is 9.45. The number of aromatic nitrogens is 2. The molecule has 7 nitrogen and oxygen atoms in total. The summed E-state index contributed by atoms with van der Waals surface area (Å²) in [4.78, 5) is 24.3. The molecule has 0 saturated heterocycles. The maximum Gasteiger partial charge on any atom is 0.319 e. The van der Waals surface area contributed by atoms with Gasteiger partial charge >= 0.3 is 6.03 Å². The van der Waals surface area contributed by atoms with Crippen molar-refractivity contribution in [3.8, 4) is 5.69 Å². The lowest BCUT2D eigenvalue weighted by molar-refractivity contribution is 0.0950. The molecule has 0 atom stereocenters. The van der Waals surface area contributed by atoms with Gasteiger partial charge in [-0.15, -0.1) is 0 Å². The number of nitrogens with one attached hydrogen (secondary N) is 3. The van der Waals surface area contributed by atoms with E-state index in [0.29, 0.717) is 22.8 Å². The van der Waals surface area contributed by atoms with Gasteiger partial charge in [-0.3, -0.25) is 4.79 Å². The molecule has 8 heteroatoms. The highest BCUT2D eigenvalue weighted by atomic mass is 35.5. The Morgan fingerprint density at radius 1 is 1.13 bits per heavy atom. The quantitative estimate of drug-likeness (QED) is 0.550. The van der Waals surface area contributed by atoms with Crippen molar-refractivity contribution in [3.05, 3.63) is 76.6 Å². The molecule has 0 radical (unpaired) electrons. The molecule has 0 aliphatic rings. The van der Waals surface area contributed by atoms with Crippen LogP contribution in [0.15, 0.2) is 54.7 Å². The second-order valence-corrected chi connectivity index (χ2v) is 7.60. The van der Waals surface area contributed by atoms with Gasteiger partial charge in [0.1, 0.15) is 0 Å². The van der Waals surface area contributed by atoms with Gasteiger partial charge in [-0.05, 0) is 56.7 Å². The van der Waals surface area contributed by atoms with Crippen LogP contribution in [0.5, 0.6) is 0 Å². The molecule has 3 amide bonds. The van der Waals surface area contributed by atoms with Crippen molar-refractivity contribution in [2.24, 2.45) is 0 Å². The first-order valence-electron chi connectivity index (χ1n) is 9.58. The lowest BCUT2D eigenvalue weighted by Crippen LogP contribution is -2.34. The van der Waals surface area contributed by atoms with Gasteiger partial charge in [-0.25, -0.2) is 9.48 Å². The van der Waals surface area contributed by atoms with Crippen molar-refractivity contribution in [2.45, 2.75) is 33.4 Å². The molecule has 0 aliphatic carbocycles. The minimum absolute atomic E-state index is 0.0613. The number of nitrogens with zero attached hydrogens (tertiary/aromatic N) is 2. The smallest absolute Gasteiger partial charge is 0.319 e. The SMILES string of the molecule is Cc1c(C(=O)NCc2ccc(NC(=O)NC(C)C)cc2)cnn1-c1cccc(Cl)c1. The topological polar surface area (TPSA) is 88.1 Å². The minimum Gasteiger partial charge on any atom is -0.348 e. The number of hydrogen-bond acceptors (Lipinski definition) is 3. The zero-order valence-electron chi connectivity index (χ0n) is 17.1. The van der Waals surface area contributed by atoms with E-state index in [2.05, 4.69) is 21.0 Å². The number of carbonyl (C=O) groups is 2. The molecule has 3 N–H and O–H groups in total. The van der Waals surface area contributed by atoms with Crippen LogP contribution in [0.2, 0.25) is 5.02 Å².